The molecule has 0 saturated heterocycles. The molecule has 0 radical (unpaired) electrons. The molecule has 4 heteroatoms. The van der Waals surface area contributed by atoms with Crippen LogP contribution in [0.5, 0.6) is 5.75 Å². The molecule has 0 unspecified atom stereocenters. The van der Waals surface area contributed by atoms with Crippen LogP contribution in [0.15, 0.2) is 18.3 Å². The molecule has 1 aromatic carbocycles. The van der Waals surface area contributed by atoms with E-state index in [1.54, 1.807) is 7.11 Å². The zero-order chi connectivity index (χ0) is 11.7. The van der Waals surface area contributed by atoms with Crippen molar-refractivity contribution in [2.24, 2.45) is 0 Å². The summed E-state index contributed by atoms with van der Waals surface area (Å²) >= 11 is 5.03. The summed E-state index contributed by atoms with van der Waals surface area (Å²) in [7, 11) is 1.68. The second-order valence-corrected chi connectivity index (χ2v) is 4.23. The largest absolute Gasteiger partial charge is 0.496 e. The Morgan fingerprint density at radius 2 is 2.00 bits per heavy atom. The third-order valence-electron chi connectivity index (χ3n) is 2.51. The van der Waals surface area contributed by atoms with E-state index in [0.717, 1.165) is 22.6 Å². The van der Waals surface area contributed by atoms with Crippen LogP contribution in [0.3, 0.4) is 0 Å². The smallest absolute Gasteiger partial charge is 0.174 e. The predicted octanol–water partition coefficient (Wildman–Crippen LogP) is 3.36. The van der Waals surface area contributed by atoms with E-state index in [0.29, 0.717) is 4.77 Å². The summed E-state index contributed by atoms with van der Waals surface area (Å²) in [5.74, 6) is 0.885. The van der Waals surface area contributed by atoms with Crippen molar-refractivity contribution in [3.63, 3.8) is 0 Å². The molecule has 1 heterocycles. The van der Waals surface area contributed by atoms with Gasteiger partial charge in [-0.1, -0.05) is 6.07 Å². The van der Waals surface area contributed by atoms with E-state index in [9.17, 15) is 0 Å². The fourth-order valence-electron chi connectivity index (χ4n) is 1.90. The van der Waals surface area contributed by atoms with Crippen LogP contribution in [-0.4, -0.2) is 17.1 Å². The highest BCUT2D eigenvalue weighted by molar-refractivity contribution is 7.71. The maximum absolute atomic E-state index is 5.43. The van der Waals surface area contributed by atoms with Crippen LogP contribution in [0.25, 0.3) is 11.3 Å². The number of methoxy groups -OCH3 is 1. The fourth-order valence-corrected chi connectivity index (χ4v) is 2.07. The minimum absolute atomic E-state index is 0.621. The van der Waals surface area contributed by atoms with Gasteiger partial charge >= 0.3 is 0 Å². The maximum atomic E-state index is 5.43. The molecule has 1 aromatic heterocycles. The molecule has 2 N–H and O–H groups in total. The van der Waals surface area contributed by atoms with Gasteiger partial charge in [0.15, 0.2) is 4.77 Å². The number of hydrogen-bond donors (Lipinski definition) is 2. The van der Waals surface area contributed by atoms with E-state index in [-0.39, 0.29) is 0 Å². The zero-order valence-corrected chi connectivity index (χ0v) is 10.4. The number of nitrogens with one attached hydrogen (secondary N) is 2. The van der Waals surface area contributed by atoms with E-state index in [1.165, 1.54) is 5.56 Å². The zero-order valence-electron chi connectivity index (χ0n) is 9.55. The lowest BCUT2D eigenvalue weighted by atomic mass is 10.0. The van der Waals surface area contributed by atoms with Gasteiger partial charge in [-0.3, -0.25) is 0 Å². The first kappa shape index (κ1) is 11.0. The lowest BCUT2D eigenvalue weighted by Crippen LogP contribution is -1.92. The van der Waals surface area contributed by atoms with Gasteiger partial charge in [-0.15, -0.1) is 0 Å². The first-order chi connectivity index (χ1) is 7.61. The third kappa shape index (κ3) is 1.88. The van der Waals surface area contributed by atoms with Crippen LogP contribution in [0.2, 0.25) is 0 Å². The number of aromatic nitrogens is 2. The minimum Gasteiger partial charge on any atom is -0.496 e. The van der Waals surface area contributed by atoms with Crippen molar-refractivity contribution >= 4 is 12.2 Å². The molecule has 0 spiro atoms. The van der Waals surface area contributed by atoms with E-state index >= 15 is 0 Å². The van der Waals surface area contributed by atoms with Gasteiger partial charge in [0.2, 0.25) is 0 Å². The standard InChI is InChI=1S/C12H14N2OS/c1-7-4-8(2)11(15-3)9(5-7)10-6-13-12(16)14-10/h4-6H,1-3H3,(H2,13,14,16). The number of benzene rings is 1. The summed E-state index contributed by atoms with van der Waals surface area (Å²) < 4.78 is 6.05. The van der Waals surface area contributed by atoms with Crippen molar-refractivity contribution in [2.75, 3.05) is 7.11 Å². The average molecular weight is 234 g/mol. The Hall–Kier alpha value is -1.55. The van der Waals surface area contributed by atoms with Crippen molar-refractivity contribution in [3.05, 3.63) is 34.2 Å². The molecule has 16 heavy (non-hydrogen) atoms. The van der Waals surface area contributed by atoms with Gasteiger partial charge in [-0.2, -0.15) is 0 Å². The van der Waals surface area contributed by atoms with Gasteiger partial charge in [0.05, 0.1) is 12.8 Å². The molecule has 0 aliphatic heterocycles. The molecule has 0 atom stereocenters. The summed E-state index contributed by atoms with van der Waals surface area (Å²) in [4.78, 5) is 6.06. The molecule has 84 valence electrons. The molecule has 0 saturated carbocycles. The second-order valence-electron chi connectivity index (χ2n) is 3.82. The highest BCUT2D eigenvalue weighted by Crippen LogP contribution is 2.32. The Morgan fingerprint density at radius 3 is 2.56 bits per heavy atom. The topological polar surface area (TPSA) is 40.8 Å². The van der Waals surface area contributed by atoms with Crippen LogP contribution in [0, 0.1) is 18.6 Å². The monoisotopic (exact) mass is 234 g/mol. The normalized spacial score (nSPS) is 10.4. The number of rotatable bonds is 2. The lowest BCUT2D eigenvalue weighted by Gasteiger charge is -2.11. The highest BCUT2D eigenvalue weighted by atomic mass is 32.1. The molecule has 3 nitrogen and oxygen atoms in total. The van der Waals surface area contributed by atoms with E-state index in [2.05, 4.69) is 29.0 Å². The van der Waals surface area contributed by atoms with E-state index in [1.807, 2.05) is 13.1 Å². The summed E-state index contributed by atoms with van der Waals surface area (Å²) in [6, 6.07) is 4.18. The van der Waals surface area contributed by atoms with Crippen molar-refractivity contribution < 1.29 is 4.74 Å². The highest BCUT2D eigenvalue weighted by Gasteiger charge is 2.10. The number of H-pyrrole nitrogens is 2. The summed E-state index contributed by atoms with van der Waals surface area (Å²) in [6.07, 6.45) is 1.86. The molecular weight excluding hydrogens is 220 g/mol. The summed E-state index contributed by atoms with van der Waals surface area (Å²) in [5, 5.41) is 0. The average Bonchev–Trinajstić information content (AvgIpc) is 2.63. The number of aryl methyl sites for hydroxylation is 2. The van der Waals surface area contributed by atoms with Gasteiger partial charge in [0.1, 0.15) is 5.75 Å². The first-order valence-electron chi connectivity index (χ1n) is 5.05. The summed E-state index contributed by atoms with van der Waals surface area (Å²) in [6.45, 7) is 4.10. The molecular formula is C12H14N2OS. The third-order valence-corrected chi connectivity index (χ3v) is 2.73. The molecule has 2 aromatic rings. The van der Waals surface area contributed by atoms with Crippen molar-refractivity contribution in [2.45, 2.75) is 13.8 Å². The van der Waals surface area contributed by atoms with E-state index in [4.69, 9.17) is 17.0 Å². The van der Waals surface area contributed by atoms with Crippen LogP contribution >= 0.6 is 12.2 Å². The van der Waals surface area contributed by atoms with Crippen molar-refractivity contribution in [1.82, 2.24) is 9.97 Å². The number of aromatic amines is 2. The van der Waals surface area contributed by atoms with Crippen LogP contribution < -0.4 is 4.74 Å². The fraction of sp³-hybridized carbons (Fsp3) is 0.250. The molecule has 0 amide bonds. The number of imidazole rings is 1. The molecule has 0 bridgehead atoms. The SMILES string of the molecule is COc1c(C)cc(C)cc1-c1c[nH]c(=S)[nH]1. The van der Waals surface area contributed by atoms with Crippen LogP contribution in [-0.2, 0) is 0 Å². The van der Waals surface area contributed by atoms with Crippen LogP contribution in [0.1, 0.15) is 11.1 Å². The molecule has 0 fully saturated rings. The first-order valence-corrected chi connectivity index (χ1v) is 5.46. The molecule has 0 aliphatic rings. The van der Waals surface area contributed by atoms with Gasteiger partial charge in [-0.05, 0) is 43.3 Å². The number of hydrogen-bond acceptors (Lipinski definition) is 2. The Labute approximate surface area is 99.5 Å². The van der Waals surface area contributed by atoms with Crippen LogP contribution in [0.4, 0.5) is 0 Å². The van der Waals surface area contributed by atoms with Gasteiger partial charge < -0.3 is 14.7 Å². The number of ether oxygens (including phenoxy) is 1. The predicted molar refractivity (Wildman–Crippen MR) is 67.4 cm³/mol. The quantitative estimate of drug-likeness (QED) is 0.782. The Balaban J connectivity index is 2.67. The molecule has 2 rings (SSSR count). The Bertz CT molecular complexity index is 569. The Morgan fingerprint density at radius 1 is 1.25 bits per heavy atom. The van der Waals surface area contributed by atoms with Crippen molar-refractivity contribution in [3.8, 4) is 17.0 Å². The minimum atomic E-state index is 0.621. The van der Waals surface area contributed by atoms with Gasteiger partial charge in [0.25, 0.3) is 0 Å². The van der Waals surface area contributed by atoms with Gasteiger partial charge in [-0.25, -0.2) is 0 Å². The van der Waals surface area contributed by atoms with Gasteiger partial charge in [0, 0.05) is 11.8 Å². The molecule has 0 aliphatic carbocycles. The summed E-state index contributed by atoms with van der Waals surface area (Å²) in [5.41, 5.74) is 4.31. The van der Waals surface area contributed by atoms with Crippen molar-refractivity contribution in [1.29, 1.82) is 0 Å². The Kier molecular flexibility index (Phi) is 2.83. The van der Waals surface area contributed by atoms with E-state index < -0.39 is 0 Å². The second kappa shape index (κ2) is 4.14. The lowest BCUT2D eigenvalue weighted by molar-refractivity contribution is 0.413. The maximum Gasteiger partial charge on any atom is 0.174 e.